The molecular weight excluding hydrogens is 226 g/mol. The van der Waals surface area contributed by atoms with Crippen LogP contribution in [0.1, 0.15) is 36.5 Å². The molecule has 0 radical (unpaired) electrons. The summed E-state index contributed by atoms with van der Waals surface area (Å²) in [5.74, 6) is 0.794. The first-order chi connectivity index (χ1) is 8.76. The van der Waals surface area contributed by atoms with Gasteiger partial charge in [0.05, 0.1) is 0 Å². The van der Waals surface area contributed by atoms with Crippen LogP contribution in [0.15, 0.2) is 24.5 Å². The lowest BCUT2D eigenvalue weighted by atomic mass is 9.88. The Kier molecular flexibility index (Phi) is 4.31. The van der Waals surface area contributed by atoms with Crippen LogP contribution >= 0.6 is 0 Å². The number of nitrogens with zero attached hydrogens (tertiary/aromatic N) is 2. The fourth-order valence-electron chi connectivity index (χ4n) is 2.66. The molecule has 0 spiro atoms. The minimum absolute atomic E-state index is 0.0856. The molecule has 1 saturated heterocycles. The summed E-state index contributed by atoms with van der Waals surface area (Å²) in [5.41, 5.74) is 6.53. The Hall–Kier alpha value is -1.42. The van der Waals surface area contributed by atoms with Gasteiger partial charge >= 0.3 is 0 Å². The number of rotatable bonds is 3. The summed E-state index contributed by atoms with van der Waals surface area (Å²) in [4.78, 5) is 18.3. The predicted molar refractivity (Wildman–Crippen MR) is 71.1 cm³/mol. The van der Waals surface area contributed by atoms with E-state index in [2.05, 4.69) is 11.9 Å². The van der Waals surface area contributed by atoms with Crippen molar-refractivity contribution in [2.24, 2.45) is 11.7 Å². The molecular formula is C14H21N3O. The van der Waals surface area contributed by atoms with Crippen LogP contribution in [-0.4, -0.2) is 34.9 Å². The molecule has 1 fully saturated rings. The first kappa shape index (κ1) is 13.0. The monoisotopic (exact) mass is 247 g/mol. The molecule has 2 N–H and O–H groups in total. The molecule has 0 bridgehead atoms. The number of aromatic nitrogens is 1. The van der Waals surface area contributed by atoms with Crippen LogP contribution in [0.5, 0.6) is 0 Å². The lowest BCUT2D eigenvalue weighted by Crippen LogP contribution is -2.49. The van der Waals surface area contributed by atoms with Gasteiger partial charge in [0.25, 0.3) is 5.91 Å². The van der Waals surface area contributed by atoms with Crippen LogP contribution in [0, 0.1) is 5.92 Å². The third-order valence-electron chi connectivity index (χ3n) is 3.86. The van der Waals surface area contributed by atoms with Crippen LogP contribution in [0.3, 0.4) is 0 Å². The van der Waals surface area contributed by atoms with E-state index in [0.29, 0.717) is 18.0 Å². The van der Waals surface area contributed by atoms with E-state index in [1.54, 1.807) is 24.5 Å². The summed E-state index contributed by atoms with van der Waals surface area (Å²) in [7, 11) is 0. The maximum Gasteiger partial charge on any atom is 0.254 e. The third-order valence-corrected chi connectivity index (χ3v) is 3.86. The molecule has 18 heavy (non-hydrogen) atoms. The third kappa shape index (κ3) is 2.70. The lowest BCUT2D eigenvalue weighted by Gasteiger charge is -2.38. The molecule has 0 saturated carbocycles. The van der Waals surface area contributed by atoms with Crippen LogP contribution in [0.2, 0.25) is 0 Å². The molecule has 0 aromatic carbocycles. The van der Waals surface area contributed by atoms with Gasteiger partial charge in [0.15, 0.2) is 0 Å². The van der Waals surface area contributed by atoms with Crippen molar-refractivity contribution in [3.05, 3.63) is 30.1 Å². The minimum Gasteiger partial charge on any atom is -0.334 e. The van der Waals surface area contributed by atoms with E-state index in [0.717, 1.165) is 19.4 Å². The fraction of sp³-hybridized carbons (Fsp3) is 0.571. The first-order valence-corrected chi connectivity index (χ1v) is 6.67. The average Bonchev–Trinajstić information content (AvgIpc) is 2.46. The van der Waals surface area contributed by atoms with Crippen LogP contribution < -0.4 is 5.73 Å². The van der Waals surface area contributed by atoms with Gasteiger partial charge in [0.1, 0.15) is 0 Å². The van der Waals surface area contributed by atoms with E-state index >= 15 is 0 Å². The topological polar surface area (TPSA) is 59.2 Å². The molecule has 1 aromatic heterocycles. The Morgan fingerprint density at radius 2 is 2.22 bits per heavy atom. The SMILES string of the molecule is CCC1CCN(C(=O)c2ccncc2)C(CN)C1. The van der Waals surface area contributed by atoms with Crippen molar-refractivity contribution in [3.63, 3.8) is 0 Å². The summed E-state index contributed by atoms with van der Waals surface area (Å²) in [6, 6.07) is 3.72. The Balaban J connectivity index is 2.10. The number of pyridine rings is 1. The van der Waals surface area contributed by atoms with E-state index < -0.39 is 0 Å². The summed E-state index contributed by atoms with van der Waals surface area (Å²) >= 11 is 0. The molecule has 1 aliphatic rings. The van der Waals surface area contributed by atoms with Gasteiger partial charge in [-0.15, -0.1) is 0 Å². The van der Waals surface area contributed by atoms with Crippen molar-refractivity contribution in [1.29, 1.82) is 0 Å². The van der Waals surface area contributed by atoms with E-state index in [1.807, 2.05) is 4.90 Å². The predicted octanol–water partition coefficient (Wildman–Crippen LogP) is 1.67. The maximum absolute atomic E-state index is 12.4. The molecule has 2 atom stereocenters. The highest BCUT2D eigenvalue weighted by Gasteiger charge is 2.30. The first-order valence-electron chi connectivity index (χ1n) is 6.67. The summed E-state index contributed by atoms with van der Waals surface area (Å²) < 4.78 is 0. The van der Waals surface area contributed by atoms with Crippen LogP contribution in [0.25, 0.3) is 0 Å². The Labute approximate surface area is 108 Å². The van der Waals surface area contributed by atoms with Crippen molar-refractivity contribution in [1.82, 2.24) is 9.88 Å². The Morgan fingerprint density at radius 3 is 2.83 bits per heavy atom. The number of amides is 1. The zero-order chi connectivity index (χ0) is 13.0. The Bertz CT molecular complexity index is 393. The second kappa shape index (κ2) is 5.96. The molecule has 0 aliphatic carbocycles. The number of piperidine rings is 1. The zero-order valence-corrected chi connectivity index (χ0v) is 10.9. The molecule has 2 unspecified atom stereocenters. The molecule has 1 aromatic rings. The average molecular weight is 247 g/mol. The van der Waals surface area contributed by atoms with Crippen molar-refractivity contribution in [2.45, 2.75) is 32.2 Å². The van der Waals surface area contributed by atoms with Crippen molar-refractivity contribution in [2.75, 3.05) is 13.1 Å². The highest BCUT2D eigenvalue weighted by Crippen LogP contribution is 2.26. The largest absolute Gasteiger partial charge is 0.334 e. The van der Waals surface area contributed by atoms with Gasteiger partial charge in [-0.3, -0.25) is 9.78 Å². The number of hydrogen-bond donors (Lipinski definition) is 1. The van der Waals surface area contributed by atoms with Gasteiger partial charge in [-0.2, -0.15) is 0 Å². The number of carbonyl (C=O) groups excluding carboxylic acids is 1. The van der Waals surface area contributed by atoms with Crippen LogP contribution in [0.4, 0.5) is 0 Å². The molecule has 2 rings (SSSR count). The highest BCUT2D eigenvalue weighted by atomic mass is 16.2. The smallest absolute Gasteiger partial charge is 0.254 e. The quantitative estimate of drug-likeness (QED) is 0.884. The molecule has 1 amide bonds. The number of carbonyl (C=O) groups is 1. The number of nitrogens with two attached hydrogens (primary N) is 1. The highest BCUT2D eigenvalue weighted by molar-refractivity contribution is 5.94. The fourth-order valence-corrected chi connectivity index (χ4v) is 2.66. The van der Waals surface area contributed by atoms with Crippen LogP contribution in [-0.2, 0) is 0 Å². The molecule has 4 nitrogen and oxygen atoms in total. The normalized spacial score (nSPS) is 24.0. The van der Waals surface area contributed by atoms with Gasteiger partial charge in [-0.05, 0) is 30.9 Å². The van der Waals surface area contributed by atoms with Gasteiger partial charge in [-0.25, -0.2) is 0 Å². The molecule has 1 aliphatic heterocycles. The zero-order valence-electron chi connectivity index (χ0n) is 10.9. The van der Waals surface area contributed by atoms with Gasteiger partial charge < -0.3 is 10.6 Å². The maximum atomic E-state index is 12.4. The second-order valence-corrected chi connectivity index (χ2v) is 4.92. The van der Waals surface area contributed by atoms with Gasteiger partial charge in [0, 0.05) is 37.1 Å². The van der Waals surface area contributed by atoms with E-state index in [4.69, 9.17) is 5.73 Å². The minimum atomic E-state index is 0.0856. The van der Waals surface area contributed by atoms with Crippen molar-refractivity contribution >= 4 is 5.91 Å². The second-order valence-electron chi connectivity index (χ2n) is 4.92. The summed E-state index contributed by atoms with van der Waals surface area (Å²) in [6.07, 6.45) is 6.61. The molecule has 98 valence electrons. The molecule has 2 heterocycles. The molecule has 4 heteroatoms. The standard InChI is InChI=1S/C14H21N3O/c1-2-11-5-8-17(13(9-11)10-15)14(18)12-3-6-16-7-4-12/h3-4,6-7,11,13H,2,5,8-10,15H2,1H3. The van der Waals surface area contributed by atoms with Gasteiger partial charge in [0.2, 0.25) is 0 Å². The van der Waals surface area contributed by atoms with E-state index in [9.17, 15) is 4.79 Å². The number of likely N-dealkylation sites (tertiary alicyclic amines) is 1. The Morgan fingerprint density at radius 1 is 1.50 bits per heavy atom. The van der Waals surface area contributed by atoms with E-state index in [1.165, 1.54) is 6.42 Å². The number of hydrogen-bond acceptors (Lipinski definition) is 3. The van der Waals surface area contributed by atoms with Crippen molar-refractivity contribution < 1.29 is 4.79 Å². The summed E-state index contributed by atoms with van der Waals surface area (Å²) in [5, 5.41) is 0. The van der Waals surface area contributed by atoms with Gasteiger partial charge in [-0.1, -0.05) is 13.3 Å². The lowest BCUT2D eigenvalue weighted by molar-refractivity contribution is 0.0558. The summed E-state index contributed by atoms with van der Waals surface area (Å²) in [6.45, 7) is 3.58. The van der Waals surface area contributed by atoms with E-state index in [-0.39, 0.29) is 11.9 Å². The van der Waals surface area contributed by atoms with Crippen molar-refractivity contribution in [3.8, 4) is 0 Å².